The van der Waals surface area contributed by atoms with Crippen LogP contribution >= 0.6 is 15.9 Å². The number of benzene rings is 2. The molecule has 0 saturated heterocycles. The van der Waals surface area contributed by atoms with Crippen molar-refractivity contribution in [3.63, 3.8) is 0 Å². The van der Waals surface area contributed by atoms with Gasteiger partial charge in [-0.1, -0.05) is 52.3 Å². The fourth-order valence-corrected chi connectivity index (χ4v) is 4.91. The fourth-order valence-electron chi connectivity index (χ4n) is 3.50. The molecule has 110 valence electrons. The Labute approximate surface area is 136 Å². The summed E-state index contributed by atoms with van der Waals surface area (Å²) in [5, 5.41) is 0. The van der Waals surface area contributed by atoms with Gasteiger partial charge in [0, 0.05) is 10.2 Å². The van der Waals surface area contributed by atoms with Crippen molar-refractivity contribution in [1.82, 2.24) is 0 Å². The summed E-state index contributed by atoms with van der Waals surface area (Å²) >= 11 is 4.08. The molecule has 0 aromatic heterocycles. The van der Waals surface area contributed by atoms with E-state index in [0.717, 1.165) is 0 Å². The van der Waals surface area contributed by atoms with Gasteiger partial charge in [-0.25, -0.2) is 0 Å². The first kappa shape index (κ1) is 14.8. The van der Waals surface area contributed by atoms with Gasteiger partial charge >= 0.3 is 0 Å². The van der Waals surface area contributed by atoms with E-state index in [2.05, 4.69) is 80.0 Å². The molecule has 1 fully saturated rings. The zero-order chi connectivity index (χ0) is 15.2. The van der Waals surface area contributed by atoms with Gasteiger partial charge in [0.2, 0.25) is 0 Å². The molecule has 2 aromatic rings. The lowest BCUT2D eigenvalue weighted by molar-refractivity contribution is 0.674. The fraction of sp³-hybridized carbons (Fsp3) is 0.400. The molecule has 2 aromatic carbocycles. The summed E-state index contributed by atoms with van der Waals surface area (Å²) in [5.74, 6) is 0. The summed E-state index contributed by atoms with van der Waals surface area (Å²) in [6, 6.07) is 13.3. The van der Waals surface area contributed by atoms with Gasteiger partial charge in [-0.05, 0) is 73.9 Å². The van der Waals surface area contributed by atoms with Crippen LogP contribution in [0.1, 0.15) is 51.0 Å². The van der Waals surface area contributed by atoms with Crippen LogP contribution in [0.25, 0.3) is 0 Å². The van der Waals surface area contributed by atoms with E-state index in [9.17, 15) is 0 Å². The van der Waals surface area contributed by atoms with Crippen LogP contribution in [0.2, 0.25) is 0 Å². The Bertz CT molecular complexity index is 640. The minimum atomic E-state index is 0.289. The van der Waals surface area contributed by atoms with Crippen LogP contribution < -0.4 is 0 Å². The Morgan fingerprint density at radius 3 is 1.90 bits per heavy atom. The lowest BCUT2D eigenvalue weighted by Gasteiger charge is -2.27. The predicted octanol–water partition coefficient (Wildman–Crippen LogP) is 6.09. The third kappa shape index (κ3) is 2.36. The molecule has 1 aliphatic rings. The molecule has 0 heterocycles. The van der Waals surface area contributed by atoms with Gasteiger partial charge in [0.1, 0.15) is 0 Å². The van der Waals surface area contributed by atoms with Crippen LogP contribution in [0.15, 0.2) is 36.4 Å². The van der Waals surface area contributed by atoms with Gasteiger partial charge in [0.25, 0.3) is 0 Å². The Morgan fingerprint density at radius 1 is 0.905 bits per heavy atom. The van der Waals surface area contributed by atoms with Crippen LogP contribution in [0.4, 0.5) is 0 Å². The number of hydrogen-bond donors (Lipinski definition) is 0. The molecule has 21 heavy (non-hydrogen) atoms. The molecule has 0 nitrogen and oxygen atoms in total. The lowest BCUT2D eigenvalue weighted by atomic mass is 9.83. The highest BCUT2D eigenvalue weighted by molar-refractivity contribution is 9.09. The highest BCUT2D eigenvalue weighted by atomic mass is 79.9. The summed E-state index contributed by atoms with van der Waals surface area (Å²) in [6.45, 7) is 9.00. The second-order valence-electron chi connectivity index (χ2n) is 6.56. The van der Waals surface area contributed by atoms with E-state index >= 15 is 0 Å². The largest absolute Gasteiger partial charge is 0.0829 e. The molecule has 3 rings (SSSR count). The van der Waals surface area contributed by atoms with E-state index in [1.54, 1.807) is 0 Å². The predicted molar refractivity (Wildman–Crippen MR) is 94.4 cm³/mol. The van der Waals surface area contributed by atoms with Gasteiger partial charge in [-0.2, -0.15) is 0 Å². The molecular weight excluding hydrogens is 320 g/mol. The van der Waals surface area contributed by atoms with E-state index in [0.29, 0.717) is 4.83 Å². The molecule has 0 bridgehead atoms. The highest BCUT2D eigenvalue weighted by Crippen LogP contribution is 2.61. The van der Waals surface area contributed by atoms with Crippen molar-refractivity contribution in [2.45, 2.75) is 50.8 Å². The van der Waals surface area contributed by atoms with Crippen molar-refractivity contribution in [2.75, 3.05) is 0 Å². The molecule has 1 saturated carbocycles. The molecule has 1 unspecified atom stereocenters. The van der Waals surface area contributed by atoms with Crippen LogP contribution in [-0.2, 0) is 5.41 Å². The maximum Gasteiger partial charge on any atom is 0.0497 e. The number of halogens is 1. The molecule has 0 N–H and O–H groups in total. The summed E-state index contributed by atoms with van der Waals surface area (Å²) in [7, 11) is 0. The Kier molecular flexibility index (Phi) is 3.73. The van der Waals surface area contributed by atoms with Crippen LogP contribution in [0, 0.1) is 27.7 Å². The van der Waals surface area contributed by atoms with Crippen molar-refractivity contribution in [3.05, 3.63) is 69.8 Å². The van der Waals surface area contributed by atoms with E-state index < -0.39 is 0 Å². The monoisotopic (exact) mass is 342 g/mol. The molecule has 1 aliphatic carbocycles. The standard InChI is InChI=1S/C20H23Br/c1-13-12-14(2)16(4)18(15(13)3)19(21)20(10-11-20)17-8-6-5-7-9-17/h5-9,12,19H,10-11H2,1-4H3. The first-order valence-corrected chi connectivity index (χ1v) is 8.66. The second-order valence-corrected chi connectivity index (χ2v) is 7.47. The van der Waals surface area contributed by atoms with E-state index in [1.165, 1.54) is 46.2 Å². The van der Waals surface area contributed by atoms with Gasteiger partial charge in [0.15, 0.2) is 0 Å². The lowest BCUT2D eigenvalue weighted by Crippen LogP contribution is -2.16. The van der Waals surface area contributed by atoms with Gasteiger partial charge in [0.05, 0.1) is 0 Å². The number of rotatable bonds is 3. The molecule has 1 atom stereocenters. The summed E-state index contributed by atoms with van der Waals surface area (Å²) < 4.78 is 0. The third-order valence-corrected chi connectivity index (χ3v) is 6.63. The van der Waals surface area contributed by atoms with Gasteiger partial charge in [-0.3, -0.25) is 0 Å². The third-order valence-electron chi connectivity index (χ3n) is 5.30. The maximum atomic E-state index is 4.08. The van der Waals surface area contributed by atoms with E-state index in [-0.39, 0.29) is 5.41 Å². The smallest absolute Gasteiger partial charge is 0.0497 e. The van der Waals surface area contributed by atoms with Crippen LogP contribution in [-0.4, -0.2) is 0 Å². The Balaban J connectivity index is 2.10. The average molecular weight is 343 g/mol. The second kappa shape index (κ2) is 5.28. The quantitative estimate of drug-likeness (QED) is 0.592. The number of aryl methyl sites for hydroxylation is 2. The molecular formula is C20H23Br. The van der Waals surface area contributed by atoms with Crippen molar-refractivity contribution in [2.24, 2.45) is 0 Å². The molecule has 0 amide bonds. The van der Waals surface area contributed by atoms with E-state index in [4.69, 9.17) is 0 Å². The van der Waals surface area contributed by atoms with Crippen molar-refractivity contribution < 1.29 is 0 Å². The molecule has 0 spiro atoms. The summed E-state index contributed by atoms with van der Waals surface area (Å²) in [5.41, 5.74) is 8.97. The van der Waals surface area contributed by atoms with E-state index in [1.807, 2.05) is 0 Å². The zero-order valence-corrected chi connectivity index (χ0v) is 14.9. The molecule has 0 radical (unpaired) electrons. The number of hydrogen-bond acceptors (Lipinski definition) is 0. The van der Waals surface area contributed by atoms with Crippen molar-refractivity contribution in [3.8, 4) is 0 Å². The highest BCUT2D eigenvalue weighted by Gasteiger charge is 2.50. The van der Waals surface area contributed by atoms with Crippen LogP contribution in [0.3, 0.4) is 0 Å². The SMILES string of the molecule is Cc1cc(C)c(C)c(C(Br)C2(c3ccccc3)CC2)c1C. The van der Waals surface area contributed by atoms with Crippen LogP contribution in [0.5, 0.6) is 0 Å². The molecule has 1 heteroatoms. The first-order valence-electron chi connectivity index (χ1n) is 7.74. The average Bonchev–Trinajstić information content (AvgIpc) is 3.28. The Morgan fingerprint density at radius 2 is 1.43 bits per heavy atom. The minimum absolute atomic E-state index is 0.289. The maximum absolute atomic E-state index is 4.08. The first-order chi connectivity index (χ1) is 9.97. The van der Waals surface area contributed by atoms with Crippen molar-refractivity contribution >= 4 is 15.9 Å². The summed E-state index contributed by atoms with van der Waals surface area (Å²) in [6.07, 6.45) is 2.55. The number of alkyl halides is 1. The summed E-state index contributed by atoms with van der Waals surface area (Å²) in [4.78, 5) is 0.408. The topological polar surface area (TPSA) is 0 Å². The zero-order valence-electron chi connectivity index (χ0n) is 13.3. The normalized spacial score (nSPS) is 17.6. The van der Waals surface area contributed by atoms with Gasteiger partial charge in [-0.15, -0.1) is 0 Å². The van der Waals surface area contributed by atoms with Gasteiger partial charge < -0.3 is 0 Å². The minimum Gasteiger partial charge on any atom is -0.0829 e. The Hall–Kier alpha value is -1.08. The van der Waals surface area contributed by atoms with Crippen molar-refractivity contribution in [1.29, 1.82) is 0 Å². The molecule has 0 aliphatic heterocycles.